The van der Waals surface area contributed by atoms with Gasteiger partial charge in [-0.2, -0.15) is 0 Å². The maximum absolute atomic E-state index is 13.3. The van der Waals surface area contributed by atoms with Gasteiger partial charge in [-0.15, -0.1) is 0 Å². The van der Waals surface area contributed by atoms with Crippen molar-refractivity contribution in [1.82, 2.24) is 0 Å². The fourth-order valence-electron chi connectivity index (χ4n) is 6.63. The van der Waals surface area contributed by atoms with Crippen molar-refractivity contribution in [3.8, 4) is 0 Å². The zero-order valence-electron chi connectivity index (χ0n) is 21.5. The molecule has 4 heteroatoms. The smallest absolute Gasteiger partial charge is 0.217 e. The molecule has 2 aliphatic rings. The van der Waals surface area contributed by atoms with Crippen LogP contribution in [0.3, 0.4) is 0 Å². The third kappa shape index (κ3) is 4.43. The largest absolute Gasteiger partial charge is 0.407 e. The summed E-state index contributed by atoms with van der Waals surface area (Å²) in [6, 6.07) is 31.8. The van der Waals surface area contributed by atoms with Gasteiger partial charge in [0.05, 0.1) is 17.7 Å². The average Bonchev–Trinajstić information content (AvgIpc) is 3.56. The van der Waals surface area contributed by atoms with Gasteiger partial charge in [0, 0.05) is 13.0 Å². The second kappa shape index (κ2) is 10.3. The van der Waals surface area contributed by atoms with Crippen LogP contribution in [0, 0.1) is 17.8 Å². The van der Waals surface area contributed by atoms with Gasteiger partial charge in [0.15, 0.2) is 5.78 Å². The molecule has 2 aliphatic carbocycles. The number of hydrogen-bond acceptors (Lipinski definition) is 3. The highest BCUT2D eigenvalue weighted by molar-refractivity contribution is 6.73. The van der Waals surface area contributed by atoms with Gasteiger partial charge in [-0.05, 0) is 54.5 Å². The summed E-state index contributed by atoms with van der Waals surface area (Å²) in [6.07, 6.45) is 6.61. The van der Waals surface area contributed by atoms with E-state index in [-0.39, 0.29) is 24.0 Å². The molecule has 0 heterocycles. The molecule has 0 saturated heterocycles. The predicted molar refractivity (Wildman–Crippen MR) is 147 cm³/mol. The van der Waals surface area contributed by atoms with Crippen LogP contribution in [0.4, 0.5) is 0 Å². The van der Waals surface area contributed by atoms with Crippen LogP contribution in [0.5, 0.6) is 0 Å². The molecule has 5 rings (SSSR count). The lowest BCUT2D eigenvalue weighted by molar-refractivity contribution is -0.126. The first-order chi connectivity index (χ1) is 17.5. The molecule has 0 N–H and O–H groups in total. The molecule has 1 saturated carbocycles. The van der Waals surface area contributed by atoms with Crippen molar-refractivity contribution in [3.63, 3.8) is 0 Å². The molecule has 0 aliphatic heterocycles. The maximum atomic E-state index is 13.3. The first kappa shape index (κ1) is 24.9. The minimum absolute atomic E-state index is 0.105. The number of ketones is 1. The third-order valence-electron chi connectivity index (χ3n) is 8.23. The number of allylic oxidation sites excluding steroid dienone is 2. The molecule has 3 aromatic rings. The Kier molecular flexibility index (Phi) is 7.11. The van der Waals surface area contributed by atoms with Crippen molar-refractivity contribution in [3.05, 3.63) is 120 Å². The van der Waals surface area contributed by atoms with Crippen molar-refractivity contribution in [2.75, 3.05) is 13.7 Å². The van der Waals surface area contributed by atoms with Gasteiger partial charge in [-0.25, -0.2) is 0 Å². The van der Waals surface area contributed by atoms with Crippen LogP contribution < -0.4 is 0 Å². The third-order valence-corrected chi connectivity index (χ3v) is 11.0. The van der Waals surface area contributed by atoms with Crippen LogP contribution in [0.15, 0.2) is 103 Å². The number of rotatable bonds is 10. The second-order valence-electron chi connectivity index (χ2n) is 10.8. The molecular formula is C32H36O3Si. The Labute approximate surface area is 216 Å². The van der Waals surface area contributed by atoms with Crippen molar-refractivity contribution in [1.29, 1.82) is 0 Å². The Morgan fingerprint density at radius 1 is 0.833 bits per heavy atom. The maximum Gasteiger partial charge on any atom is 0.217 e. The van der Waals surface area contributed by atoms with E-state index in [4.69, 9.17) is 9.16 Å². The highest BCUT2D eigenvalue weighted by Gasteiger charge is 2.53. The topological polar surface area (TPSA) is 35.5 Å². The number of hydrogen-bond donors (Lipinski definition) is 0. The van der Waals surface area contributed by atoms with Gasteiger partial charge in [0.2, 0.25) is 8.32 Å². The summed E-state index contributed by atoms with van der Waals surface area (Å²) in [7, 11) is -0.826. The van der Waals surface area contributed by atoms with E-state index in [1.54, 1.807) is 7.11 Å². The van der Waals surface area contributed by atoms with E-state index in [2.05, 4.69) is 98.0 Å². The number of Topliss-reactive ketones (excluding diaryl/α,β-unsaturated/α-hetero) is 1. The molecule has 0 spiro atoms. The first-order valence-electron chi connectivity index (χ1n) is 13.0. The average molecular weight is 497 g/mol. The molecule has 186 valence electrons. The molecular weight excluding hydrogens is 460 g/mol. The molecule has 3 aromatic carbocycles. The second-order valence-corrected chi connectivity index (χ2v) is 14.8. The number of methoxy groups -OCH3 is 1. The lowest BCUT2D eigenvalue weighted by Crippen LogP contribution is -2.59. The molecule has 2 bridgehead atoms. The van der Waals surface area contributed by atoms with E-state index < -0.39 is 13.7 Å². The van der Waals surface area contributed by atoms with Gasteiger partial charge in [0.1, 0.15) is 0 Å². The van der Waals surface area contributed by atoms with Crippen LogP contribution >= 0.6 is 0 Å². The number of benzene rings is 3. The molecule has 36 heavy (non-hydrogen) atoms. The Bertz CT molecular complexity index is 1090. The summed E-state index contributed by atoms with van der Waals surface area (Å²) >= 11 is 0. The minimum Gasteiger partial charge on any atom is -0.407 e. The summed E-state index contributed by atoms with van der Waals surface area (Å²) in [5.74, 6) is 1.31. The zero-order valence-corrected chi connectivity index (χ0v) is 22.5. The molecule has 3 nitrogen and oxygen atoms in total. The fourth-order valence-corrected chi connectivity index (χ4v) is 9.41. The molecule has 1 fully saturated rings. The summed E-state index contributed by atoms with van der Waals surface area (Å²) < 4.78 is 13.1. The van der Waals surface area contributed by atoms with Crippen LogP contribution in [-0.2, 0) is 19.4 Å². The monoisotopic (exact) mass is 496 g/mol. The predicted octanol–water partition coefficient (Wildman–Crippen LogP) is 6.58. The van der Waals surface area contributed by atoms with Gasteiger partial charge in [0.25, 0.3) is 0 Å². The van der Waals surface area contributed by atoms with Gasteiger partial charge in [-0.3, -0.25) is 4.79 Å². The molecule has 0 amide bonds. The van der Waals surface area contributed by atoms with E-state index in [9.17, 15) is 4.79 Å². The number of fused-ring (bicyclic) bond motifs is 2. The highest BCUT2D eigenvalue weighted by atomic mass is 28.4. The lowest BCUT2D eigenvalue weighted by atomic mass is 9.69. The Morgan fingerprint density at radius 2 is 1.33 bits per heavy atom. The first-order valence-corrected chi connectivity index (χ1v) is 16.0. The number of carbonyl (C=O) groups is 1. The van der Waals surface area contributed by atoms with Crippen LogP contribution in [0.2, 0.25) is 13.1 Å². The Hall–Kier alpha value is -2.79. The van der Waals surface area contributed by atoms with Crippen molar-refractivity contribution in [2.45, 2.75) is 37.1 Å². The number of ether oxygens (including phenoxy) is 1. The van der Waals surface area contributed by atoms with E-state index in [1.165, 1.54) is 0 Å². The van der Waals surface area contributed by atoms with E-state index in [0.717, 1.165) is 29.5 Å². The van der Waals surface area contributed by atoms with Crippen LogP contribution in [-0.4, -0.2) is 33.5 Å². The molecule has 0 aromatic heterocycles. The molecule has 0 unspecified atom stereocenters. The van der Waals surface area contributed by atoms with Crippen LogP contribution in [0.1, 0.15) is 29.5 Å². The summed E-state index contributed by atoms with van der Waals surface area (Å²) in [6.45, 7) is 4.55. The van der Waals surface area contributed by atoms with Gasteiger partial charge >= 0.3 is 0 Å². The minimum atomic E-state index is -2.61. The lowest BCUT2D eigenvalue weighted by Gasteiger charge is -2.47. The normalized spacial score (nSPS) is 22.0. The summed E-state index contributed by atoms with van der Waals surface area (Å²) in [4.78, 5) is 13.3. The Morgan fingerprint density at radius 3 is 1.72 bits per heavy atom. The van der Waals surface area contributed by atoms with Crippen molar-refractivity contribution in [2.24, 2.45) is 17.8 Å². The zero-order chi connectivity index (χ0) is 25.2. The SMILES string of the molecule is CO[C@@H](C(c1ccccc1)(c1ccccc1)c1ccccc1)[Si](C)(C)OCC(=O)[C@H]1C[C@H]2C=C[C@@H]1C2. The number of carbonyl (C=O) groups excluding carboxylic acids is 1. The van der Waals surface area contributed by atoms with E-state index in [0.29, 0.717) is 11.8 Å². The van der Waals surface area contributed by atoms with Gasteiger partial charge < -0.3 is 9.16 Å². The van der Waals surface area contributed by atoms with E-state index >= 15 is 0 Å². The summed E-state index contributed by atoms with van der Waals surface area (Å²) in [5.41, 5.74) is 2.60. The van der Waals surface area contributed by atoms with Crippen molar-refractivity contribution >= 4 is 14.1 Å². The van der Waals surface area contributed by atoms with Gasteiger partial charge in [-0.1, -0.05) is 103 Å². The molecule has 4 atom stereocenters. The fraction of sp³-hybridized carbons (Fsp3) is 0.344. The van der Waals surface area contributed by atoms with Crippen molar-refractivity contribution < 1.29 is 14.0 Å². The molecule has 0 radical (unpaired) electrons. The highest BCUT2D eigenvalue weighted by Crippen LogP contribution is 2.47. The quantitative estimate of drug-likeness (QED) is 0.181. The standard InChI is InChI=1S/C32H36O3Si/c1-34-31(36(2,3)35-23-30(33)29-22-24-19-20-25(29)21-24)32(26-13-7-4-8-14-26,27-15-9-5-10-16-27)28-17-11-6-12-18-28/h4-20,24-25,29,31H,21-23H2,1-3H3/t24-,25+,29-,31+/m0/s1. The van der Waals surface area contributed by atoms with Crippen LogP contribution in [0.25, 0.3) is 0 Å². The van der Waals surface area contributed by atoms with E-state index in [1.807, 2.05) is 18.2 Å². The Balaban J connectivity index is 1.56. The summed E-state index contributed by atoms with van der Waals surface area (Å²) in [5, 5.41) is 0.